The topological polar surface area (TPSA) is 98.5 Å². The Labute approximate surface area is 116 Å². The van der Waals surface area contributed by atoms with Crippen molar-refractivity contribution >= 4 is 33.4 Å². The SMILES string of the molecule is COc1ccc(S(N)(=O)=O)cc1NC(=O)CCSC. The zero-order valence-corrected chi connectivity index (χ0v) is 12.3. The molecule has 0 saturated carbocycles. The second kappa shape index (κ2) is 6.78. The lowest BCUT2D eigenvalue weighted by molar-refractivity contribution is -0.115. The van der Waals surface area contributed by atoms with E-state index in [0.29, 0.717) is 23.6 Å². The number of benzene rings is 1. The van der Waals surface area contributed by atoms with Gasteiger partial charge < -0.3 is 10.1 Å². The summed E-state index contributed by atoms with van der Waals surface area (Å²) in [6.07, 6.45) is 2.24. The van der Waals surface area contributed by atoms with Crippen LogP contribution in [0.3, 0.4) is 0 Å². The lowest BCUT2D eigenvalue weighted by Gasteiger charge is -2.11. The van der Waals surface area contributed by atoms with Gasteiger partial charge in [0.1, 0.15) is 5.75 Å². The average molecular weight is 304 g/mol. The minimum Gasteiger partial charge on any atom is -0.495 e. The molecule has 0 aliphatic carbocycles. The molecule has 0 bridgehead atoms. The van der Waals surface area contributed by atoms with Crippen LogP contribution >= 0.6 is 11.8 Å². The van der Waals surface area contributed by atoms with Crippen LogP contribution in [0.25, 0.3) is 0 Å². The van der Waals surface area contributed by atoms with Gasteiger partial charge in [-0.05, 0) is 24.5 Å². The highest BCUT2D eigenvalue weighted by molar-refractivity contribution is 7.98. The minimum atomic E-state index is -3.81. The third-order valence-electron chi connectivity index (χ3n) is 2.31. The number of hydrogen-bond donors (Lipinski definition) is 2. The highest BCUT2D eigenvalue weighted by atomic mass is 32.2. The molecule has 6 nitrogen and oxygen atoms in total. The first-order valence-corrected chi connectivity index (χ1v) is 8.32. The van der Waals surface area contributed by atoms with Gasteiger partial charge in [-0.2, -0.15) is 11.8 Å². The van der Waals surface area contributed by atoms with Crippen LogP contribution in [0.15, 0.2) is 23.1 Å². The molecule has 0 heterocycles. The van der Waals surface area contributed by atoms with E-state index in [9.17, 15) is 13.2 Å². The molecule has 0 unspecified atom stereocenters. The molecule has 0 aromatic heterocycles. The Morgan fingerprint density at radius 2 is 2.16 bits per heavy atom. The van der Waals surface area contributed by atoms with Crippen LogP contribution in [0.2, 0.25) is 0 Å². The summed E-state index contributed by atoms with van der Waals surface area (Å²) >= 11 is 1.55. The van der Waals surface area contributed by atoms with E-state index in [-0.39, 0.29) is 10.8 Å². The molecule has 1 amide bonds. The molecular weight excluding hydrogens is 288 g/mol. The largest absolute Gasteiger partial charge is 0.495 e. The molecule has 0 aliphatic rings. The third kappa shape index (κ3) is 4.73. The van der Waals surface area contributed by atoms with Crippen molar-refractivity contribution in [1.82, 2.24) is 0 Å². The molecule has 8 heteroatoms. The van der Waals surface area contributed by atoms with Crippen LogP contribution in [-0.4, -0.2) is 33.4 Å². The summed E-state index contributed by atoms with van der Waals surface area (Å²) in [5.41, 5.74) is 0.292. The van der Waals surface area contributed by atoms with E-state index in [4.69, 9.17) is 9.88 Å². The number of methoxy groups -OCH3 is 1. The number of nitrogens with one attached hydrogen (secondary N) is 1. The number of hydrogen-bond acceptors (Lipinski definition) is 5. The zero-order chi connectivity index (χ0) is 14.5. The molecule has 106 valence electrons. The first-order valence-electron chi connectivity index (χ1n) is 5.38. The van der Waals surface area contributed by atoms with Crippen molar-refractivity contribution in [3.05, 3.63) is 18.2 Å². The Kier molecular flexibility index (Phi) is 5.64. The van der Waals surface area contributed by atoms with Gasteiger partial charge in [0.15, 0.2) is 0 Å². The summed E-state index contributed by atoms with van der Waals surface area (Å²) in [4.78, 5) is 11.6. The first kappa shape index (κ1) is 15.8. The van der Waals surface area contributed by atoms with Gasteiger partial charge in [-0.15, -0.1) is 0 Å². The van der Waals surface area contributed by atoms with Gasteiger partial charge in [-0.1, -0.05) is 0 Å². The van der Waals surface area contributed by atoms with E-state index >= 15 is 0 Å². The second-order valence-corrected chi connectivity index (χ2v) is 6.25. The summed E-state index contributed by atoms with van der Waals surface area (Å²) in [5.74, 6) is 0.854. The van der Waals surface area contributed by atoms with Crippen LogP contribution in [0.5, 0.6) is 5.75 Å². The summed E-state index contributed by atoms with van der Waals surface area (Å²) in [6.45, 7) is 0. The summed E-state index contributed by atoms with van der Waals surface area (Å²) in [5, 5.41) is 7.66. The van der Waals surface area contributed by atoms with E-state index in [2.05, 4.69) is 5.32 Å². The highest BCUT2D eigenvalue weighted by Gasteiger charge is 2.13. The van der Waals surface area contributed by atoms with E-state index < -0.39 is 10.0 Å². The van der Waals surface area contributed by atoms with Crippen LogP contribution in [0.1, 0.15) is 6.42 Å². The first-order chi connectivity index (χ1) is 8.88. The predicted molar refractivity (Wildman–Crippen MR) is 76.0 cm³/mol. The van der Waals surface area contributed by atoms with Crippen molar-refractivity contribution < 1.29 is 17.9 Å². The Hall–Kier alpha value is -1.25. The van der Waals surface area contributed by atoms with Crippen molar-refractivity contribution in [2.75, 3.05) is 24.4 Å². The fourth-order valence-corrected chi connectivity index (χ4v) is 2.30. The molecule has 0 fully saturated rings. The van der Waals surface area contributed by atoms with Crippen LogP contribution < -0.4 is 15.2 Å². The molecule has 0 spiro atoms. The lowest BCUT2D eigenvalue weighted by Crippen LogP contribution is -2.15. The number of sulfonamides is 1. The fraction of sp³-hybridized carbons (Fsp3) is 0.364. The number of primary sulfonamides is 1. The molecule has 0 saturated heterocycles. The molecule has 3 N–H and O–H groups in total. The van der Waals surface area contributed by atoms with E-state index in [1.807, 2.05) is 6.26 Å². The number of anilines is 1. The summed E-state index contributed by atoms with van der Waals surface area (Å²) in [6, 6.07) is 4.06. The second-order valence-electron chi connectivity index (χ2n) is 3.70. The van der Waals surface area contributed by atoms with E-state index in [0.717, 1.165) is 0 Å². The minimum absolute atomic E-state index is 0.0755. The monoisotopic (exact) mass is 304 g/mol. The Bertz CT molecular complexity index is 558. The lowest BCUT2D eigenvalue weighted by atomic mass is 10.3. The molecule has 19 heavy (non-hydrogen) atoms. The van der Waals surface area contributed by atoms with Crippen LogP contribution in [-0.2, 0) is 14.8 Å². The molecular formula is C11H16N2O4S2. The number of carbonyl (C=O) groups excluding carboxylic acids is 1. The smallest absolute Gasteiger partial charge is 0.238 e. The average Bonchev–Trinajstić information content (AvgIpc) is 2.35. The van der Waals surface area contributed by atoms with Gasteiger partial charge in [0, 0.05) is 12.2 Å². The van der Waals surface area contributed by atoms with Gasteiger partial charge >= 0.3 is 0 Å². The van der Waals surface area contributed by atoms with Gasteiger partial charge in [0.25, 0.3) is 0 Å². The quantitative estimate of drug-likeness (QED) is 0.818. The van der Waals surface area contributed by atoms with Gasteiger partial charge in [-0.25, -0.2) is 13.6 Å². The van der Waals surface area contributed by atoms with Gasteiger partial charge in [0.05, 0.1) is 17.7 Å². The molecule has 0 radical (unpaired) electrons. The number of nitrogens with two attached hydrogens (primary N) is 1. The third-order valence-corrected chi connectivity index (χ3v) is 3.83. The number of rotatable bonds is 6. The van der Waals surface area contributed by atoms with Crippen molar-refractivity contribution in [3.63, 3.8) is 0 Å². The van der Waals surface area contributed by atoms with Gasteiger partial charge in [0.2, 0.25) is 15.9 Å². The number of carbonyl (C=O) groups is 1. The maximum atomic E-state index is 11.6. The number of amides is 1. The Morgan fingerprint density at radius 3 is 2.68 bits per heavy atom. The molecule has 0 atom stereocenters. The molecule has 1 aromatic carbocycles. The van der Waals surface area contributed by atoms with Crippen LogP contribution in [0, 0.1) is 0 Å². The van der Waals surface area contributed by atoms with Crippen molar-refractivity contribution in [1.29, 1.82) is 0 Å². The highest BCUT2D eigenvalue weighted by Crippen LogP contribution is 2.27. The molecule has 0 aliphatic heterocycles. The van der Waals surface area contributed by atoms with Crippen molar-refractivity contribution in [2.45, 2.75) is 11.3 Å². The summed E-state index contributed by atoms with van der Waals surface area (Å²) in [7, 11) is -2.38. The zero-order valence-electron chi connectivity index (χ0n) is 10.7. The van der Waals surface area contributed by atoms with Crippen LogP contribution in [0.4, 0.5) is 5.69 Å². The molecule has 1 rings (SSSR count). The Morgan fingerprint density at radius 1 is 1.47 bits per heavy atom. The maximum absolute atomic E-state index is 11.6. The van der Waals surface area contributed by atoms with Crippen molar-refractivity contribution in [3.8, 4) is 5.75 Å². The normalized spacial score (nSPS) is 11.1. The standard InChI is InChI=1S/C11H16N2O4S2/c1-17-10-4-3-8(19(12,15)16)7-9(10)13-11(14)5-6-18-2/h3-4,7H,5-6H2,1-2H3,(H,13,14)(H2,12,15,16). The predicted octanol–water partition coefficient (Wildman–Crippen LogP) is 1.03. The maximum Gasteiger partial charge on any atom is 0.238 e. The molecule has 1 aromatic rings. The van der Waals surface area contributed by atoms with Gasteiger partial charge in [-0.3, -0.25) is 4.79 Å². The number of ether oxygens (including phenoxy) is 1. The van der Waals surface area contributed by atoms with E-state index in [1.54, 1.807) is 11.8 Å². The van der Waals surface area contributed by atoms with E-state index in [1.165, 1.54) is 25.3 Å². The van der Waals surface area contributed by atoms with Crippen molar-refractivity contribution in [2.24, 2.45) is 5.14 Å². The number of thioether (sulfide) groups is 1. The fourth-order valence-electron chi connectivity index (χ4n) is 1.37. The Balaban J connectivity index is 3.00. The summed E-state index contributed by atoms with van der Waals surface area (Å²) < 4.78 is 27.6.